The van der Waals surface area contributed by atoms with Gasteiger partial charge in [-0.2, -0.15) is 0 Å². The Morgan fingerprint density at radius 1 is 0.852 bits per heavy atom. The lowest BCUT2D eigenvalue weighted by Gasteiger charge is -2.08. The van der Waals surface area contributed by atoms with Crippen LogP contribution in [-0.4, -0.2) is 15.5 Å². The minimum absolute atomic E-state index is 0.0845. The largest absolute Gasteiger partial charge is 0.325 e. The van der Waals surface area contributed by atoms with Crippen LogP contribution >= 0.6 is 0 Å². The molecular formula is C23H19N3O. The Kier molecular flexibility index (Phi) is 4.79. The molecule has 4 aromatic rings. The number of hydrogen-bond acceptors (Lipinski definition) is 2. The number of para-hydroxylation sites is 3. The zero-order valence-electron chi connectivity index (χ0n) is 14.7. The average Bonchev–Trinajstić information content (AvgIpc) is 3.05. The number of hydrogen-bond donors (Lipinski definition) is 1. The maximum absolute atomic E-state index is 12.6. The van der Waals surface area contributed by atoms with Crippen molar-refractivity contribution in [3.63, 3.8) is 0 Å². The number of benzene rings is 3. The highest BCUT2D eigenvalue weighted by molar-refractivity contribution is 5.92. The number of amides is 1. The lowest BCUT2D eigenvalue weighted by Crippen LogP contribution is -2.19. The molecule has 0 unspecified atom stereocenters. The van der Waals surface area contributed by atoms with Crippen LogP contribution in [0.3, 0.4) is 0 Å². The standard InChI is InChI=1S/C23H19N3O/c27-23(24-19-11-5-2-6-12-19)17-26-21-14-8-7-13-20(21)25-22(26)16-15-18-9-3-1-4-10-18/h1-16H,17H2,(H,24,27)/b16-15+. The van der Waals surface area contributed by atoms with Gasteiger partial charge in [0.05, 0.1) is 11.0 Å². The summed E-state index contributed by atoms with van der Waals surface area (Å²) < 4.78 is 1.94. The van der Waals surface area contributed by atoms with E-state index in [4.69, 9.17) is 0 Å². The van der Waals surface area contributed by atoms with Gasteiger partial charge in [-0.1, -0.05) is 66.7 Å². The minimum atomic E-state index is -0.0845. The van der Waals surface area contributed by atoms with Crippen LogP contribution in [-0.2, 0) is 11.3 Å². The molecule has 4 rings (SSSR count). The van der Waals surface area contributed by atoms with Crippen LogP contribution in [0.2, 0.25) is 0 Å². The molecule has 27 heavy (non-hydrogen) atoms. The van der Waals surface area contributed by atoms with Crippen LogP contribution in [0.5, 0.6) is 0 Å². The second kappa shape index (κ2) is 7.70. The van der Waals surface area contributed by atoms with E-state index in [9.17, 15) is 4.79 Å². The number of carbonyl (C=O) groups is 1. The van der Waals surface area contributed by atoms with Gasteiger partial charge in [0.25, 0.3) is 0 Å². The second-order valence-electron chi connectivity index (χ2n) is 6.20. The van der Waals surface area contributed by atoms with E-state index in [1.807, 2.05) is 102 Å². The van der Waals surface area contributed by atoms with Gasteiger partial charge >= 0.3 is 0 Å². The summed E-state index contributed by atoms with van der Waals surface area (Å²) in [6, 6.07) is 27.4. The molecule has 0 spiro atoms. The molecule has 0 radical (unpaired) electrons. The van der Waals surface area contributed by atoms with E-state index in [0.717, 1.165) is 28.1 Å². The first-order chi connectivity index (χ1) is 13.3. The van der Waals surface area contributed by atoms with E-state index in [-0.39, 0.29) is 12.5 Å². The van der Waals surface area contributed by atoms with Crippen molar-refractivity contribution >= 4 is 34.8 Å². The van der Waals surface area contributed by atoms with Crippen molar-refractivity contribution in [1.29, 1.82) is 0 Å². The lowest BCUT2D eigenvalue weighted by atomic mass is 10.2. The van der Waals surface area contributed by atoms with Gasteiger partial charge in [0, 0.05) is 5.69 Å². The molecule has 0 fully saturated rings. The van der Waals surface area contributed by atoms with Crippen LogP contribution in [0.1, 0.15) is 11.4 Å². The predicted molar refractivity (Wildman–Crippen MR) is 110 cm³/mol. The smallest absolute Gasteiger partial charge is 0.244 e. The van der Waals surface area contributed by atoms with Crippen molar-refractivity contribution in [2.75, 3.05) is 5.32 Å². The fourth-order valence-corrected chi connectivity index (χ4v) is 2.99. The molecule has 0 saturated heterocycles. The molecule has 0 saturated carbocycles. The van der Waals surface area contributed by atoms with Gasteiger partial charge in [-0.05, 0) is 35.9 Å². The van der Waals surface area contributed by atoms with Gasteiger partial charge in [-0.3, -0.25) is 4.79 Å². The van der Waals surface area contributed by atoms with Gasteiger partial charge in [-0.15, -0.1) is 0 Å². The summed E-state index contributed by atoms with van der Waals surface area (Å²) in [5.74, 6) is 0.668. The van der Waals surface area contributed by atoms with Crippen LogP contribution in [0.25, 0.3) is 23.2 Å². The van der Waals surface area contributed by atoms with Gasteiger partial charge < -0.3 is 9.88 Å². The molecule has 132 valence electrons. The maximum atomic E-state index is 12.6. The highest BCUT2D eigenvalue weighted by Crippen LogP contribution is 2.18. The third kappa shape index (κ3) is 3.96. The van der Waals surface area contributed by atoms with Gasteiger partial charge in [0.1, 0.15) is 12.4 Å². The Bertz CT molecular complexity index is 1080. The van der Waals surface area contributed by atoms with Crippen molar-refractivity contribution in [3.05, 3.63) is 96.3 Å². The van der Waals surface area contributed by atoms with E-state index in [1.165, 1.54) is 0 Å². The average molecular weight is 353 g/mol. The van der Waals surface area contributed by atoms with Crippen molar-refractivity contribution in [1.82, 2.24) is 9.55 Å². The Labute approximate surface area is 157 Å². The summed E-state index contributed by atoms with van der Waals surface area (Å²) in [6.07, 6.45) is 3.96. The molecule has 1 N–H and O–H groups in total. The highest BCUT2D eigenvalue weighted by atomic mass is 16.1. The number of anilines is 1. The van der Waals surface area contributed by atoms with Crippen molar-refractivity contribution < 1.29 is 4.79 Å². The Hall–Kier alpha value is -3.66. The fraction of sp³-hybridized carbons (Fsp3) is 0.0435. The van der Waals surface area contributed by atoms with Crippen LogP contribution < -0.4 is 5.32 Å². The predicted octanol–water partition coefficient (Wildman–Crippen LogP) is 4.85. The van der Waals surface area contributed by atoms with Crippen molar-refractivity contribution in [2.45, 2.75) is 6.54 Å². The monoisotopic (exact) mass is 353 g/mol. The first kappa shape index (κ1) is 16.8. The molecule has 0 atom stereocenters. The Morgan fingerprint density at radius 3 is 2.30 bits per heavy atom. The number of nitrogens with zero attached hydrogens (tertiary/aromatic N) is 2. The maximum Gasteiger partial charge on any atom is 0.244 e. The molecule has 0 bridgehead atoms. The zero-order chi connectivity index (χ0) is 18.5. The summed E-state index contributed by atoms with van der Waals surface area (Å²) in [5.41, 5.74) is 3.68. The molecule has 3 aromatic carbocycles. The molecule has 1 aromatic heterocycles. The van der Waals surface area contributed by atoms with Crippen LogP contribution in [0, 0.1) is 0 Å². The van der Waals surface area contributed by atoms with E-state index < -0.39 is 0 Å². The molecule has 4 heteroatoms. The summed E-state index contributed by atoms with van der Waals surface area (Å²) in [5, 5.41) is 2.93. The summed E-state index contributed by atoms with van der Waals surface area (Å²) in [4.78, 5) is 17.3. The number of imidazole rings is 1. The SMILES string of the molecule is O=C(Cn1c(/C=C/c2ccccc2)nc2ccccc21)Nc1ccccc1. The number of aromatic nitrogens is 2. The highest BCUT2D eigenvalue weighted by Gasteiger charge is 2.12. The molecule has 1 heterocycles. The molecule has 0 aliphatic heterocycles. The summed E-state index contributed by atoms with van der Waals surface area (Å²) >= 11 is 0. The number of carbonyl (C=O) groups excluding carboxylic acids is 1. The topological polar surface area (TPSA) is 46.9 Å². The quantitative estimate of drug-likeness (QED) is 0.558. The second-order valence-corrected chi connectivity index (χ2v) is 6.20. The molecule has 0 aliphatic carbocycles. The van der Waals surface area contributed by atoms with E-state index in [1.54, 1.807) is 0 Å². The summed E-state index contributed by atoms with van der Waals surface area (Å²) in [7, 11) is 0. The third-order valence-corrected chi connectivity index (χ3v) is 4.27. The third-order valence-electron chi connectivity index (χ3n) is 4.27. The van der Waals surface area contributed by atoms with Gasteiger partial charge in [0.15, 0.2) is 0 Å². The first-order valence-corrected chi connectivity index (χ1v) is 8.83. The number of nitrogens with one attached hydrogen (secondary N) is 1. The van der Waals surface area contributed by atoms with Crippen LogP contribution in [0.4, 0.5) is 5.69 Å². The van der Waals surface area contributed by atoms with Crippen molar-refractivity contribution in [2.24, 2.45) is 0 Å². The zero-order valence-corrected chi connectivity index (χ0v) is 14.7. The van der Waals surface area contributed by atoms with Gasteiger partial charge in [-0.25, -0.2) is 4.98 Å². The molecule has 1 amide bonds. The first-order valence-electron chi connectivity index (χ1n) is 8.83. The fourth-order valence-electron chi connectivity index (χ4n) is 2.99. The van der Waals surface area contributed by atoms with E-state index in [2.05, 4.69) is 10.3 Å². The Morgan fingerprint density at radius 2 is 1.52 bits per heavy atom. The van der Waals surface area contributed by atoms with Crippen molar-refractivity contribution in [3.8, 4) is 0 Å². The van der Waals surface area contributed by atoms with E-state index in [0.29, 0.717) is 0 Å². The molecular weight excluding hydrogens is 334 g/mol. The van der Waals surface area contributed by atoms with Gasteiger partial charge in [0.2, 0.25) is 5.91 Å². The minimum Gasteiger partial charge on any atom is -0.325 e. The summed E-state index contributed by atoms with van der Waals surface area (Å²) in [6.45, 7) is 0.198. The Balaban J connectivity index is 1.64. The molecule has 0 aliphatic rings. The van der Waals surface area contributed by atoms with Crippen LogP contribution in [0.15, 0.2) is 84.9 Å². The normalized spacial score (nSPS) is 11.1. The number of rotatable bonds is 5. The van der Waals surface area contributed by atoms with E-state index >= 15 is 0 Å². The molecule has 4 nitrogen and oxygen atoms in total. The lowest BCUT2D eigenvalue weighted by molar-refractivity contribution is -0.116. The number of fused-ring (bicyclic) bond motifs is 1.